The van der Waals surface area contributed by atoms with Gasteiger partial charge in [0.15, 0.2) is 0 Å². The van der Waals surface area contributed by atoms with Crippen molar-refractivity contribution in [2.24, 2.45) is 0 Å². The first kappa shape index (κ1) is 26.7. The van der Waals surface area contributed by atoms with E-state index in [-0.39, 0.29) is 11.9 Å². The Balaban J connectivity index is 1.72. The van der Waals surface area contributed by atoms with Crippen molar-refractivity contribution in [3.8, 4) is 10.6 Å². The van der Waals surface area contributed by atoms with Crippen LogP contribution in [0.1, 0.15) is 65.4 Å². The number of nitrogens with zero attached hydrogens (tertiary/aromatic N) is 1. The second-order valence-electron chi connectivity index (χ2n) is 8.88. The number of benzene rings is 2. The van der Waals surface area contributed by atoms with E-state index in [0.29, 0.717) is 18.4 Å². The fraction of sp³-hybridized carbons (Fsp3) is 0.357. The highest BCUT2D eigenvalue weighted by molar-refractivity contribution is 7.15. The van der Waals surface area contributed by atoms with Crippen LogP contribution in [-0.4, -0.2) is 18.1 Å². The molecule has 1 heterocycles. The van der Waals surface area contributed by atoms with Crippen LogP contribution in [0.3, 0.4) is 0 Å². The quantitative estimate of drug-likeness (QED) is 0.279. The SMILES string of the molecule is C=C(CCc1sc(-c2ccc(C(F)(F)F)cc2)nc1C(C)C)c1ccc(CCC(=O)OC)c(C)c1. The van der Waals surface area contributed by atoms with Crippen LogP contribution in [-0.2, 0) is 28.5 Å². The molecule has 0 atom stereocenters. The number of hydrogen-bond donors (Lipinski definition) is 0. The largest absolute Gasteiger partial charge is 0.469 e. The minimum Gasteiger partial charge on any atom is -0.469 e. The first-order chi connectivity index (χ1) is 16.5. The third kappa shape index (κ3) is 6.82. The molecule has 0 fully saturated rings. The van der Waals surface area contributed by atoms with Gasteiger partial charge >= 0.3 is 12.1 Å². The van der Waals surface area contributed by atoms with Crippen LogP contribution in [0.15, 0.2) is 49.0 Å². The van der Waals surface area contributed by atoms with E-state index in [0.717, 1.165) is 62.8 Å². The van der Waals surface area contributed by atoms with Crippen LogP contribution in [0.2, 0.25) is 0 Å². The second-order valence-corrected chi connectivity index (χ2v) is 9.96. The minimum absolute atomic E-state index is 0.203. The van der Waals surface area contributed by atoms with E-state index >= 15 is 0 Å². The molecule has 0 spiro atoms. The molecular formula is C28H30F3NO2S. The number of carbonyl (C=O) groups is 1. The Bertz CT molecular complexity index is 1190. The van der Waals surface area contributed by atoms with Crippen LogP contribution in [0, 0.1) is 6.92 Å². The Kier molecular flexibility index (Phi) is 8.54. The predicted molar refractivity (Wildman–Crippen MR) is 136 cm³/mol. The monoisotopic (exact) mass is 501 g/mol. The standard InChI is InChI=1S/C28H30F3NO2S/c1-17(2)26-24(35-27(32-26)21-9-12-23(13-10-21)28(29,30)31)14-6-18(3)22-8-7-20(19(4)16-22)11-15-25(33)34-5/h7-10,12-13,16-17H,3,6,11,14-15H2,1-2,4-5H3. The lowest BCUT2D eigenvalue weighted by atomic mass is 9.95. The van der Waals surface area contributed by atoms with E-state index in [1.54, 1.807) is 0 Å². The van der Waals surface area contributed by atoms with E-state index in [9.17, 15) is 18.0 Å². The highest BCUT2D eigenvalue weighted by Gasteiger charge is 2.30. The van der Waals surface area contributed by atoms with Crippen molar-refractivity contribution >= 4 is 22.9 Å². The summed E-state index contributed by atoms with van der Waals surface area (Å²) >= 11 is 1.53. The summed E-state index contributed by atoms with van der Waals surface area (Å²) in [5.41, 5.74) is 5.29. The molecule has 0 aliphatic heterocycles. The molecule has 0 amide bonds. The Hall–Kier alpha value is -2.93. The number of thiazole rings is 1. The minimum atomic E-state index is -4.35. The molecule has 0 bridgehead atoms. The maximum absolute atomic E-state index is 12.9. The number of alkyl halides is 3. The topological polar surface area (TPSA) is 39.2 Å². The van der Waals surface area contributed by atoms with Gasteiger partial charge in [0.05, 0.1) is 18.4 Å². The summed E-state index contributed by atoms with van der Waals surface area (Å²) in [6, 6.07) is 11.3. The van der Waals surface area contributed by atoms with Crippen molar-refractivity contribution in [2.75, 3.05) is 7.11 Å². The number of hydrogen-bond acceptors (Lipinski definition) is 4. The molecule has 0 aliphatic carbocycles. The fourth-order valence-electron chi connectivity index (χ4n) is 3.86. The summed E-state index contributed by atoms with van der Waals surface area (Å²) in [6.07, 6.45) is -1.87. The van der Waals surface area contributed by atoms with E-state index < -0.39 is 11.7 Å². The number of aromatic nitrogens is 1. The highest BCUT2D eigenvalue weighted by atomic mass is 32.1. The number of halogens is 3. The summed E-state index contributed by atoms with van der Waals surface area (Å²) < 4.78 is 43.4. The molecule has 1 aromatic heterocycles. The van der Waals surface area contributed by atoms with Crippen molar-refractivity contribution in [3.63, 3.8) is 0 Å². The van der Waals surface area contributed by atoms with Crippen molar-refractivity contribution in [2.45, 2.75) is 58.5 Å². The first-order valence-electron chi connectivity index (χ1n) is 11.5. The van der Waals surface area contributed by atoms with Gasteiger partial charge in [-0.1, -0.05) is 50.8 Å². The van der Waals surface area contributed by atoms with Gasteiger partial charge in [0.2, 0.25) is 0 Å². The van der Waals surface area contributed by atoms with Crippen molar-refractivity contribution in [1.29, 1.82) is 0 Å². The zero-order chi connectivity index (χ0) is 25.8. The number of rotatable bonds is 9. The summed E-state index contributed by atoms with van der Waals surface area (Å²) in [4.78, 5) is 17.3. The summed E-state index contributed by atoms with van der Waals surface area (Å²) in [5, 5.41) is 0.730. The molecule has 3 nitrogen and oxygen atoms in total. The molecule has 3 aromatic rings. The van der Waals surface area contributed by atoms with Crippen molar-refractivity contribution in [1.82, 2.24) is 4.98 Å². The number of ether oxygens (including phenoxy) is 1. The van der Waals surface area contributed by atoms with Crippen molar-refractivity contribution in [3.05, 3.63) is 81.9 Å². The van der Waals surface area contributed by atoms with E-state index in [1.807, 2.05) is 19.1 Å². The molecule has 186 valence electrons. The molecule has 35 heavy (non-hydrogen) atoms. The lowest BCUT2D eigenvalue weighted by molar-refractivity contribution is -0.140. The lowest BCUT2D eigenvalue weighted by Gasteiger charge is -2.11. The van der Waals surface area contributed by atoms with Crippen LogP contribution in [0.25, 0.3) is 16.1 Å². The molecule has 2 aromatic carbocycles. The number of esters is 1. The Labute approximate surface area is 208 Å². The maximum atomic E-state index is 12.9. The molecule has 3 rings (SSSR count). The van der Waals surface area contributed by atoms with E-state index in [2.05, 4.69) is 26.5 Å². The van der Waals surface area contributed by atoms with Gasteiger partial charge in [0.25, 0.3) is 0 Å². The van der Waals surface area contributed by atoms with Gasteiger partial charge in [-0.05, 0) is 66.5 Å². The number of carbonyl (C=O) groups excluding carboxylic acids is 1. The van der Waals surface area contributed by atoms with Crippen LogP contribution < -0.4 is 0 Å². The van der Waals surface area contributed by atoms with Crippen molar-refractivity contribution < 1.29 is 22.7 Å². The van der Waals surface area contributed by atoms with Gasteiger partial charge in [-0.25, -0.2) is 4.98 Å². The smallest absolute Gasteiger partial charge is 0.416 e. The van der Waals surface area contributed by atoms with Gasteiger partial charge in [0.1, 0.15) is 5.01 Å². The van der Waals surface area contributed by atoms with E-state index in [4.69, 9.17) is 9.72 Å². The van der Waals surface area contributed by atoms with Gasteiger partial charge in [0, 0.05) is 16.9 Å². The van der Waals surface area contributed by atoms with Crippen LogP contribution in [0.5, 0.6) is 0 Å². The maximum Gasteiger partial charge on any atom is 0.416 e. The third-order valence-electron chi connectivity index (χ3n) is 5.96. The normalized spacial score (nSPS) is 11.7. The average Bonchev–Trinajstić information content (AvgIpc) is 3.25. The second kappa shape index (κ2) is 11.2. The molecule has 0 radical (unpaired) electrons. The van der Waals surface area contributed by atoms with E-state index in [1.165, 1.54) is 30.6 Å². The molecule has 0 saturated carbocycles. The number of aryl methyl sites for hydroxylation is 3. The van der Waals surface area contributed by atoms with Crippen LogP contribution >= 0.6 is 11.3 Å². The number of methoxy groups -OCH3 is 1. The van der Waals surface area contributed by atoms with Crippen LogP contribution in [0.4, 0.5) is 13.2 Å². The van der Waals surface area contributed by atoms with Gasteiger partial charge in [-0.3, -0.25) is 4.79 Å². The molecule has 0 N–H and O–H groups in total. The van der Waals surface area contributed by atoms with Gasteiger partial charge < -0.3 is 4.74 Å². The Morgan fingerprint density at radius 1 is 1.09 bits per heavy atom. The zero-order valence-corrected chi connectivity index (χ0v) is 21.3. The lowest BCUT2D eigenvalue weighted by Crippen LogP contribution is -2.03. The summed E-state index contributed by atoms with van der Waals surface area (Å²) in [6.45, 7) is 10.4. The zero-order valence-electron chi connectivity index (χ0n) is 20.5. The molecule has 7 heteroatoms. The molecular weight excluding hydrogens is 471 g/mol. The Morgan fingerprint density at radius 2 is 1.77 bits per heavy atom. The molecule has 0 saturated heterocycles. The van der Waals surface area contributed by atoms with Gasteiger partial charge in [-0.2, -0.15) is 13.2 Å². The summed E-state index contributed by atoms with van der Waals surface area (Å²) in [5.74, 6) is -0.0203. The third-order valence-corrected chi connectivity index (χ3v) is 7.14. The predicted octanol–water partition coefficient (Wildman–Crippen LogP) is 8.01. The highest BCUT2D eigenvalue weighted by Crippen LogP contribution is 2.36. The number of allylic oxidation sites excluding steroid dienone is 1. The fourth-order valence-corrected chi connectivity index (χ4v) is 5.08. The van der Waals surface area contributed by atoms with Gasteiger partial charge in [-0.15, -0.1) is 11.3 Å². The molecule has 0 unspecified atom stereocenters. The molecule has 0 aliphatic rings. The average molecular weight is 502 g/mol. The first-order valence-corrected chi connectivity index (χ1v) is 12.3. The summed E-state index contributed by atoms with van der Waals surface area (Å²) in [7, 11) is 1.39. The Morgan fingerprint density at radius 3 is 2.34 bits per heavy atom.